The molecule has 0 radical (unpaired) electrons. The smallest absolute Gasteiger partial charge is 0.173 e. The van der Waals surface area contributed by atoms with Crippen LogP contribution in [0.25, 0.3) is 0 Å². The van der Waals surface area contributed by atoms with Gasteiger partial charge in [0.05, 0.1) is 61.0 Å². The lowest BCUT2D eigenvalue weighted by molar-refractivity contribution is -0.366. The molecule has 0 saturated carbocycles. The zero-order valence-electron chi connectivity index (χ0n) is 37.6. The van der Waals surface area contributed by atoms with E-state index in [4.69, 9.17) is 57.8 Å². The SMILES string of the molecule is CCC1O[C@@H](O[C@@H]2C(C)O[C@@H](O[C@@H]3C(CC)O[C@H](O[C@@H]4C(C)O[C@@H](O[C@@H]5C(CC)O[C@H](OC)C(C)[C@H]5C)C(C)[C@@H]4OC)C(C)[C@H]3C)C(C)[C@H]2C)C(N)[C@@H](C)[C@@H]1C. The van der Waals surface area contributed by atoms with Crippen molar-refractivity contribution in [3.05, 3.63) is 0 Å². The second kappa shape index (κ2) is 19.9. The van der Waals surface area contributed by atoms with Crippen molar-refractivity contribution in [3.8, 4) is 0 Å². The van der Waals surface area contributed by atoms with Gasteiger partial charge in [0.25, 0.3) is 0 Å². The molecule has 10 unspecified atom stereocenters. The van der Waals surface area contributed by atoms with E-state index in [0.29, 0.717) is 11.8 Å². The van der Waals surface area contributed by atoms with Gasteiger partial charge < -0.3 is 57.8 Å². The van der Waals surface area contributed by atoms with Gasteiger partial charge in [-0.15, -0.1) is 0 Å². The summed E-state index contributed by atoms with van der Waals surface area (Å²) in [7, 11) is 3.45. The second-order valence-corrected chi connectivity index (χ2v) is 18.4. The quantitative estimate of drug-likeness (QED) is 0.204. The van der Waals surface area contributed by atoms with Gasteiger partial charge in [0, 0.05) is 37.9 Å². The summed E-state index contributed by atoms with van der Waals surface area (Å²) in [5.41, 5.74) is 6.68. The average molecular weight is 800 g/mol. The van der Waals surface area contributed by atoms with Crippen LogP contribution in [-0.4, -0.2) is 113 Å². The number of ether oxygens (including phenoxy) is 11. The molecule has 12 nitrogen and oxygen atoms in total. The lowest BCUT2D eigenvalue weighted by atomic mass is 9.81. The largest absolute Gasteiger partial charge is 0.378 e. The maximum absolute atomic E-state index is 6.95. The van der Waals surface area contributed by atoms with Crippen LogP contribution in [0, 0.1) is 53.3 Å². The molecule has 5 rings (SSSR count). The lowest BCUT2D eigenvalue weighted by Gasteiger charge is -2.52. The summed E-state index contributed by atoms with van der Waals surface area (Å²) in [6.07, 6.45) is -1.30. The third-order valence-electron chi connectivity index (χ3n) is 15.1. The molecule has 5 saturated heterocycles. The van der Waals surface area contributed by atoms with Gasteiger partial charge in [0.1, 0.15) is 6.10 Å². The Labute approximate surface area is 339 Å². The number of hydrogen-bond acceptors (Lipinski definition) is 12. The fourth-order valence-electron chi connectivity index (χ4n) is 10.2. The highest BCUT2D eigenvalue weighted by molar-refractivity contribution is 4.95. The van der Waals surface area contributed by atoms with E-state index in [1.807, 2.05) is 6.92 Å². The zero-order valence-corrected chi connectivity index (χ0v) is 37.6. The van der Waals surface area contributed by atoms with Gasteiger partial charge in [-0.1, -0.05) is 83.1 Å². The molecule has 0 spiro atoms. The Morgan fingerprint density at radius 3 is 1.25 bits per heavy atom. The van der Waals surface area contributed by atoms with Gasteiger partial charge in [0.2, 0.25) is 0 Å². The highest BCUT2D eigenvalue weighted by Gasteiger charge is 2.53. The fraction of sp³-hybridized carbons (Fsp3) is 1.00. The average Bonchev–Trinajstić information content (AvgIpc) is 3.18. The molecule has 12 heteroatoms. The molecule has 0 bridgehead atoms. The standard InChI is InChI=1S/C44H81NO11/c1-17-31-20(4)21(5)34(45)44(50-31)53-35-22(6)26(10)41(48-29(35)13)54-37-24(8)27(11)42(52-33(37)19-3)56-39-30(14)49-43(28(12)38(39)46-15)55-36-23(7)25(9)40(47-16)51-32(36)18-2/h20-44H,17-19,45H2,1-16H3/t20-,21-,22+,23+,24+,25?,26?,27?,28?,29?,30?,31?,32?,33?,34?,35-,36-,37-,38-,39+,40-,41-,42+,43-,44-/m0/s1. The Kier molecular flexibility index (Phi) is 16.6. The highest BCUT2D eigenvalue weighted by atomic mass is 16.8. The Hall–Kier alpha value is -0.480. The van der Waals surface area contributed by atoms with Crippen molar-refractivity contribution < 1.29 is 52.1 Å². The molecule has 328 valence electrons. The predicted octanol–water partition coefficient (Wildman–Crippen LogP) is 7.14. The summed E-state index contributed by atoms with van der Waals surface area (Å²) >= 11 is 0. The molecule has 5 aliphatic heterocycles. The molecule has 56 heavy (non-hydrogen) atoms. The minimum Gasteiger partial charge on any atom is -0.378 e. The highest BCUT2D eigenvalue weighted by Crippen LogP contribution is 2.43. The van der Waals surface area contributed by atoms with E-state index in [0.717, 1.165) is 19.3 Å². The van der Waals surface area contributed by atoms with Crippen molar-refractivity contribution in [2.45, 2.75) is 215 Å². The van der Waals surface area contributed by atoms with Crippen LogP contribution in [0.4, 0.5) is 0 Å². The Bertz CT molecular complexity index is 1190. The Morgan fingerprint density at radius 1 is 0.357 bits per heavy atom. The first-order chi connectivity index (χ1) is 26.5. The molecule has 25 atom stereocenters. The molecule has 5 fully saturated rings. The van der Waals surface area contributed by atoms with Gasteiger partial charge in [-0.25, -0.2) is 0 Å². The normalized spacial score (nSPS) is 53.2. The van der Waals surface area contributed by atoms with Crippen LogP contribution in [0.15, 0.2) is 0 Å². The summed E-state index contributed by atoms with van der Waals surface area (Å²) in [5, 5.41) is 0. The topological polar surface area (TPSA) is 128 Å². The molecule has 5 heterocycles. The van der Waals surface area contributed by atoms with Gasteiger partial charge in [-0.3, -0.25) is 0 Å². The van der Waals surface area contributed by atoms with Gasteiger partial charge in [0.15, 0.2) is 31.5 Å². The molecular formula is C44H81NO11. The number of rotatable bonds is 13. The molecule has 0 aromatic rings. The molecule has 5 aliphatic rings. The van der Waals surface area contributed by atoms with E-state index in [1.54, 1.807) is 14.2 Å². The van der Waals surface area contributed by atoms with E-state index >= 15 is 0 Å². The molecule has 0 amide bonds. The molecule has 0 aliphatic carbocycles. The van der Waals surface area contributed by atoms with E-state index in [9.17, 15) is 0 Å². The van der Waals surface area contributed by atoms with Crippen molar-refractivity contribution in [1.29, 1.82) is 0 Å². The van der Waals surface area contributed by atoms with Crippen molar-refractivity contribution in [1.82, 2.24) is 0 Å². The Balaban J connectivity index is 1.21. The van der Waals surface area contributed by atoms with Gasteiger partial charge in [-0.2, -0.15) is 0 Å². The van der Waals surface area contributed by atoms with Crippen LogP contribution < -0.4 is 5.73 Å². The van der Waals surface area contributed by atoms with E-state index in [1.165, 1.54) is 0 Å². The van der Waals surface area contributed by atoms with Gasteiger partial charge in [-0.05, 0) is 62.7 Å². The van der Waals surface area contributed by atoms with E-state index in [2.05, 4.69) is 90.0 Å². The zero-order chi connectivity index (χ0) is 41.3. The van der Waals surface area contributed by atoms with Crippen LogP contribution in [0.5, 0.6) is 0 Å². The molecule has 2 N–H and O–H groups in total. The number of nitrogens with two attached hydrogens (primary N) is 1. The van der Waals surface area contributed by atoms with Crippen molar-refractivity contribution in [2.24, 2.45) is 59.0 Å². The van der Waals surface area contributed by atoms with Gasteiger partial charge >= 0.3 is 0 Å². The Morgan fingerprint density at radius 2 is 0.750 bits per heavy atom. The summed E-state index contributed by atoms with van der Waals surface area (Å²) < 4.78 is 72.0. The maximum Gasteiger partial charge on any atom is 0.173 e. The summed E-state index contributed by atoms with van der Waals surface area (Å²) in [5.74, 6) is 1.37. The first-order valence-electron chi connectivity index (χ1n) is 22.2. The summed E-state index contributed by atoms with van der Waals surface area (Å²) in [6.45, 7) is 30.3. The van der Waals surface area contributed by atoms with Crippen LogP contribution in [0.3, 0.4) is 0 Å². The minimum absolute atomic E-state index is 0.0307. The van der Waals surface area contributed by atoms with Crippen LogP contribution >= 0.6 is 0 Å². The first kappa shape index (κ1) is 46.6. The van der Waals surface area contributed by atoms with E-state index in [-0.39, 0.29) is 115 Å². The number of methoxy groups -OCH3 is 2. The van der Waals surface area contributed by atoms with E-state index < -0.39 is 25.2 Å². The predicted molar refractivity (Wildman–Crippen MR) is 213 cm³/mol. The maximum atomic E-state index is 6.95. The van der Waals surface area contributed by atoms with Crippen LogP contribution in [0.2, 0.25) is 0 Å². The van der Waals surface area contributed by atoms with Crippen LogP contribution in [-0.2, 0) is 52.1 Å². The van der Waals surface area contributed by atoms with Crippen molar-refractivity contribution in [3.63, 3.8) is 0 Å². The second-order valence-electron chi connectivity index (χ2n) is 18.4. The molecular weight excluding hydrogens is 718 g/mol. The molecule has 0 aromatic heterocycles. The van der Waals surface area contributed by atoms with Crippen LogP contribution in [0.1, 0.15) is 116 Å². The third kappa shape index (κ3) is 9.37. The molecule has 0 aromatic carbocycles. The fourth-order valence-corrected chi connectivity index (χ4v) is 10.2. The monoisotopic (exact) mass is 800 g/mol. The lowest BCUT2D eigenvalue weighted by Crippen LogP contribution is -2.61. The minimum atomic E-state index is -0.476. The third-order valence-corrected chi connectivity index (χ3v) is 15.1. The first-order valence-corrected chi connectivity index (χ1v) is 22.2. The van der Waals surface area contributed by atoms with Crippen molar-refractivity contribution in [2.75, 3.05) is 14.2 Å². The summed E-state index contributed by atoms with van der Waals surface area (Å²) in [4.78, 5) is 0. The summed E-state index contributed by atoms with van der Waals surface area (Å²) in [6, 6.07) is -0.193. The number of hydrogen-bond donors (Lipinski definition) is 1. The van der Waals surface area contributed by atoms with Crippen molar-refractivity contribution >= 4 is 0 Å².